The van der Waals surface area contributed by atoms with E-state index in [9.17, 15) is 4.79 Å². The first-order valence-electron chi connectivity index (χ1n) is 3.49. The summed E-state index contributed by atoms with van der Waals surface area (Å²) < 4.78 is 5.02. The van der Waals surface area contributed by atoms with Crippen LogP contribution in [0.5, 0.6) is 5.75 Å². The number of aryl methyl sites for hydroxylation is 1. The molecule has 64 valence electrons. The molecule has 0 amide bonds. The van der Waals surface area contributed by atoms with Crippen molar-refractivity contribution in [1.29, 1.82) is 0 Å². The van der Waals surface area contributed by atoms with Gasteiger partial charge in [0, 0.05) is 5.56 Å². The molecule has 12 heavy (non-hydrogen) atoms. The van der Waals surface area contributed by atoms with Gasteiger partial charge in [0.25, 0.3) is 5.24 Å². The van der Waals surface area contributed by atoms with E-state index >= 15 is 0 Å². The maximum atomic E-state index is 10.7. The van der Waals surface area contributed by atoms with Crippen molar-refractivity contribution in [2.75, 3.05) is 7.11 Å². The molecule has 0 fully saturated rings. The first-order chi connectivity index (χ1) is 5.65. The van der Waals surface area contributed by atoms with Crippen LogP contribution in [0.25, 0.3) is 0 Å². The lowest BCUT2D eigenvalue weighted by molar-refractivity contribution is 0.108. The van der Waals surface area contributed by atoms with Gasteiger partial charge in [-0.1, -0.05) is 6.07 Å². The highest BCUT2D eigenvalue weighted by atomic mass is 35.5. The number of ether oxygens (including phenoxy) is 1. The summed E-state index contributed by atoms with van der Waals surface area (Å²) in [6, 6.07) is 5.10. The van der Waals surface area contributed by atoms with Gasteiger partial charge in [-0.05, 0) is 36.2 Å². The highest BCUT2D eigenvalue weighted by Gasteiger charge is 2.04. The van der Waals surface area contributed by atoms with Gasteiger partial charge in [0.1, 0.15) is 5.75 Å². The minimum atomic E-state index is -0.465. The van der Waals surface area contributed by atoms with Crippen molar-refractivity contribution in [3.05, 3.63) is 29.3 Å². The third kappa shape index (κ3) is 1.77. The average molecular weight is 185 g/mol. The topological polar surface area (TPSA) is 26.3 Å². The molecule has 1 aromatic rings. The average Bonchev–Trinajstić information content (AvgIpc) is 2.05. The molecule has 0 N–H and O–H groups in total. The number of benzene rings is 1. The van der Waals surface area contributed by atoms with E-state index in [4.69, 9.17) is 16.3 Å². The second-order valence-corrected chi connectivity index (χ2v) is 2.80. The number of rotatable bonds is 2. The Morgan fingerprint density at radius 2 is 2.17 bits per heavy atom. The number of carbonyl (C=O) groups excluding carboxylic acids is 1. The summed E-state index contributed by atoms with van der Waals surface area (Å²) in [5, 5.41) is -0.465. The first kappa shape index (κ1) is 9.07. The first-order valence-corrected chi connectivity index (χ1v) is 3.87. The zero-order chi connectivity index (χ0) is 9.14. The van der Waals surface area contributed by atoms with Crippen LogP contribution in [-0.4, -0.2) is 12.4 Å². The molecule has 0 radical (unpaired) electrons. The minimum Gasteiger partial charge on any atom is -0.496 e. The maximum absolute atomic E-state index is 10.7. The SMILES string of the molecule is COc1cc(C(=O)Cl)ccc1C. The number of halogens is 1. The highest BCUT2D eigenvalue weighted by Crippen LogP contribution is 2.19. The Hall–Kier alpha value is -1.02. The van der Waals surface area contributed by atoms with Gasteiger partial charge in [-0.25, -0.2) is 0 Å². The quantitative estimate of drug-likeness (QED) is 0.660. The molecule has 0 heterocycles. The Morgan fingerprint density at radius 1 is 1.50 bits per heavy atom. The highest BCUT2D eigenvalue weighted by molar-refractivity contribution is 6.67. The summed E-state index contributed by atoms with van der Waals surface area (Å²) in [5.41, 5.74) is 1.44. The molecule has 0 bridgehead atoms. The van der Waals surface area contributed by atoms with Crippen LogP contribution in [0.1, 0.15) is 15.9 Å². The summed E-state index contributed by atoms with van der Waals surface area (Å²) in [5.74, 6) is 0.682. The summed E-state index contributed by atoms with van der Waals surface area (Å²) in [4.78, 5) is 10.7. The molecular formula is C9H9ClO2. The molecule has 0 unspecified atom stereocenters. The van der Waals surface area contributed by atoms with E-state index in [-0.39, 0.29) is 0 Å². The Bertz CT molecular complexity index is 307. The number of methoxy groups -OCH3 is 1. The fraction of sp³-hybridized carbons (Fsp3) is 0.222. The number of hydrogen-bond acceptors (Lipinski definition) is 2. The molecule has 0 aliphatic heterocycles. The zero-order valence-electron chi connectivity index (χ0n) is 6.93. The molecule has 2 nitrogen and oxygen atoms in total. The molecule has 1 rings (SSSR count). The second-order valence-electron chi connectivity index (χ2n) is 2.46. The van der Waals surface area contributed by atoms with Crippen molar-refractivity contribution < 1.29 is 9.53 Å². The summed E-state index contributed by atoms with van der Waals surface area (Å²) in [6.07, 6.45) is 0. The van der Waals surface area contributed by atoms with Crippen LogP contribution < -0.4 is 4.74 Å². The zero-order valence-corrected chi connectivity index (χ0v) is 7.68. The van der Waals surface area contributed by atoms with Crippen LogP contribution in [0.3, 0.4) is 0 Å². The van der Waals surface area contributed by atoms with Gasteiger partial charge in [0.15, 0.2) is 0 Å². The van der Waals surface area contributed by atoms with E-state index < -0.39 is 5.24 Å². The van der Waals surface area contributed by atoms with Crippen molar-refractivity contribution in [2.24, 2.45) is 0 Å². The van der Waals surface area contributed by atoms with Crippen LogP contribution in [0.15, 0.2) is 18.2 Å². The molecule has 3 heteroatoms. The van der Waals surface area contributed by atoms with Gasteiger partial charge in [-0.15, -0.1) is 0 Å². The van der Waals surface area contributed by atoms with E-state index in [1.54, 1.807) is 25.3 Å². The largest absolute Gasteiger partial charge is 0.496 e. The molecule has 0 saturated heterocycles. The number of hydrogen-bond donors (Lipinski definition) is 0. The normalized spacial score (nSPS) is 9.58. The molecule has 1 aromatic carbocycles. The van der Waals surface area contributed by atoms with Crippen molar-refractivity contribution in [3.8, 4) is 5.75 Å². The van der Waals surface area contributed by atoms with Crippen molar-refractivity contribution in [1.82, 2.24) is 0 Å². The molecule has 0 spiro atoms. The van der Waals surface area contributed by atoms with Gasteiger partial charge in [-0.2, -0.15) is 0 Å². The van der Waals surface area contributed by atoms with Gasteiger partial charge in [0.2, 0.25) is 0 Å². The molecule has 0 aliphatic rings. The van der Waals surface area contributed by atoms with Gasteiger partial charge < -0.3 is 4.74 Å². The minimum absolute atomic E-state index is 0.458. The Morgan fingerprint density at radius 3 is 2.67 bits per heavy atom. The van der Waals surface area contributed by atoms with Crippen LogP contribution >= 0.6 is 11.6 Å². The molecule has 0 aliphatic carbocycles. The lowest BCUT2D eigenvalue weighted by Gasteiger charge is -2.04. The summed E-state index contributed by atoms with van der Waals surface area (Å²) >= 11 is 5.29. The monoisotopic (exact) mass is 184 g/mol. The van der Waals surface area contributed by atoms with Crippen molar-refractivity contribution in [2.45, 2.75) is 6.92 Å². The fourth-order valence-electron chi connectivity index (χ4n) is 0.942. The smallest absolute Gasteiger partial charge is 0.252 e. The Labute approximate surface area is 76.1 Å². The predicted molar refractivity (Wildman–Crippen MR) is 47.9 cm³/mol. The van der Waals surface area contributed by atoms with E-state index in [0.29, 0.717) is 11.3 Å². The molecule has 0 saturated carbocycles. The summed E-state index contributed by atoms with van der Waals surface area (Å²) in [7, 11) is 1.56. The van der Waals surface area contributed by atoms with Crippen LogP contribution in [-0.2, 0) is 0 Å². The van der Waals surface area contributed by atoms with Crippen molar-refractivity contribution in [3.63, 3.8) is 0 Å². The molecule has 0 atom stereocenters. The fourth-order valence-corrected chi connectivity index (χ4v) is 1.06. The summed E-state index contributed by atoms with van der Waals surface area (Å²) in [6.45, 7) is 1.90. The van der Waals surface area contributed by atoms with E-state index in [0.717, 1.165) is 5.56 Å². The maximum Gasteiger partial charge on any atom is 0.252 e. The van der Waals surface area contributed by atoms with E-state index in [1.165, 1.54) is 0 Å². The standard InChI is InChI=1S/C9H9ClO2/c1-6-3-4-7(9(10)11)5-8(6)12-2/h3-5H,1-2H3. The molecule has 0 aromatic heterocycles. The van der Waals surface area contributed by atoms with Crippen LogP contribution in [0.4, 0.5) is 0 Å². The lowest BCUT2D eigenvalue weighted by Crippen LogP contribution is -1.92. The predicted octanol–water partition coefficient (Wildman–Crippen LogP) is 2.38. The third-order valence-corrected chi connectivity index (χ3v) is 1.85. The van der Waals surface area contributed by atoms with Gasteiger partial charge >= 0.3 is 0 Å². The third-order valence-electron chi connectivity index (χ3n) is 1.64. The van der Waals surface area contributed by atoms with Gasteiger partial charge in [0.05, 0.1) is 7.11 Å². The van der Waals surface area contributed by atoms with Crippen molar-refractivity contribution >= 4 is 16.8 Å². The van der Waals surface area contributed by atoms with Crippen LogP contribution in [0, 0.1) is 6.92 Å². The second kappa shape index (κ2) is 3.59. The van der Waals surface area contributed by atoms with Gasteiger partial charge in [-0.3, -0.25) is 4.79 Å². The lowest BCUT2D eigenvalue weighted by atomic mass is 10.1. The van der Waals surface area contributed by atoms with Crippen LogP contribution in [0.2, 0.25) is 0 Å². The van der Waals surface area contributed by atoms with E-state index in [2.05, 4.69) is 0 Å². The molecular weight excluding hydrogens is 176 g/mol. The Kier molecular flexibility index (Phi) is 2.71. The van der Waals surface area contributed by atoms with E-state index in [1.807, 2.05) is 6.92 Å². The number of carbonyl (C=O) groups is 1. The Balaban J connectivity index is 3.13.